The Morgan fingerprint density at radius 1 is 1.33 bits per heavy atom. The molecule has 1 amide bonds. The van der Waals surface area contributed by atoms with Gasteiger partial charge in [0, 0.05) is 24.6 Å². The van der Waals surface area contributed by atoms with Crippen molar-refractivity contribution in [3.8, 4) is 17.6 Å². The largest absolute Gasteiger partial charge is 0.506 e. The van der Waals surface area contributed by atoms with Crippen molar-refractivity contribution in [1.82, 2.24) is 5.32 Å². The van der Waals surface area contributed by atoms with Gasteiger partial charge in [0.25, 0.3) is 0 Å². The second kappa shape index (κ2) is 7.44. The molecule has 21 heavy (non-hydrogen) atoms. The highest BCUT2D eigenvalue weighted by molar-refractivity contribution is 6.35. The molecule has 1 aromatic rings. The molecule has 2 N–H and O–H groups in total. The van der Waals surface area contributed by atoms with Gasteiger partial charge in [-0.1, -0.05) is 35.0 Å². The van der Waals surface area contributed by atoms with Gasteiger partial charge in [0.1, 0.15) is 11.4 Å². The predicted molar refractivity (Wildman–Crippen MR) is 83.9 cm³/mol. The van der Waals surface area contributed by atoms with Crippen LogP contribution in [-0.4, -0.2) is 23.3 Å². The number of aromatic hydroxyl groups is 1. The molecule has 0 unspecified atom stereocenters. The average Bonchev–Trinajstić information content (AvgIpc) is 2.32. The van der Waals surface area contributed by atoms with E-state index < -0.39 is 11.7 Å². The van der Waals surface area contributed by atoms with Crippen molar-refractivity contribution < 1.29 is 14.6 Å². The molecule has 0 saturated carbocycles. The van der Waals surface area contributed by atoms with Crippen molar-refractivity contribution in [1.29, 1.82) is 0 Å². The highest BCUT2D eigenvalue weighted by atomic mass is 35.5. The Morgan fingerprint density at radius 3 is 2.62 bits per heavy atom. The lowest BCUT2D eigenvalue weighted by molar-refractivity contribution is 0.0529. The summed E-state index contributed by atoms with van der Waals surface area (Å²) in [6, 6.07) is 2.83. The van der Waals surface area contributed by atoms with Gasteiger partial charge in [-0.05, 0) is 26.8 Å². The molecule has 0 spiro atoms. The van der Waals surface area contributed by atoms with Crippen LogP contribution in [0.3, 0.4) is 0 Å². The molecule has 0 aliphatic heterocycles. The zero-order valence-corrected chi connectivity index (χ0v) is 13.6. The fourth-order valence-electron chi connectivity index (χ4n) is 1.33. The van der Waals surface area contributed by atoms with E-state index in [-0.39, 0.29) is 10.8 Å². The van der Waals surface area contributed by atoms with Crippen LogP contribution in [0.4, 0.5) is 4.79 Å². The summed E-state index contributed by atoms with van der Waals surface area (Å²) < 4.78 is 5.09. The van der Waals surface area contributed by atoms with Crippen molar-refractivity contribution in [2.45, 2.75) is 32.8 Å². The van der Waals surface area contributed by atoms with E-state index >= 15 is 0 Å². The van der Waals surface area contributed by atoms with Crippen LogP contribution >= 0.6 is 23.2 Å². The van der Waals surface area contributed by atoms with Gasteiger partial charge in [-0.3, -0.25) is 0 Å². The van der Waals surface area contributed by atoms with Gasteiger partial charge in [-0.2, -0.15) is 0 Å². The minimum Gasteiger partial charge on any atom is -0.506 e. The van der Waals surface area contributed by atoms with Crippen molar-refractivity contribution >= 4 is 29.3 Å². The van der Waals surface area contributed by atoms with Gasteiger partial charge >= 0.3 is 6.09 Å². The fraction of sp³-hybridized carbons (Fsp3) is 0.400. The number of phenolic OH excluding ortho intramolecular Hbond substituents is 1. The van der Waals surface area contributed by atoms with Gasteiger partial charge < -0.3 is 15.2 Å². The standard InChI is InChI=1S/C15H17Cl2NO3/c1-15(2,3)21-14(20)18-7-5-4-6-10-8-12(17)13(19)9-11(10)16/h8-9,19H,5,7H2,1-3H3,(H,18,20). The number of carbonyl (C=O) groups excluding carboxylic acids is 1. The molecule has 114 valence electrons. The summed E-state index contributed by atoms with van der Waals surface area (Å²) in [6.45, 7) is 5.75. The van der Waals surface area contributed by atoms with Crippen LogP contribution in [0.5, 0.6) is 5.75 Å². The first kappa shape index (κ1) is 17.5. The lowest BCUT2D eigenvalue weighted by atomic mass is 10.2. The molecule has 4 nitrogen and oxygen atoms in total. The van der Waals surface area contributed by atoms with Crippen molar-refractivity contribution in [3.05, 3.63) is 27.7 Å². The summed E-state index contributed by atoms with van der Waals surface area (Å²) in [5, 5.41) is 12.5. The van der Waals surface area contributed by atoms with Gasteiger partial charge in [0.2, 0.25) is 0 Å². The third-order valence-electron chi connectivity index (χ3n) is 2.18. The van der Waals surface area contributed by atoms with Crippen LogP contribution in [0.15, 0.2) is 12.1 Å². The first-order valence-electron chi connectivity index (χ1n) is 6.33. The van der Waals surface area contributed by atoms with Gasteiger partial charge in [-0.15, -0.1) is 0 Å². The number of hydrogen-bond donors (Lipinski definition) is 2. The van der Waals surface area contributed by atoms with Gasteiger partial charge in [0.05, 0.1) is 10.0 Å². The molecule has 0 aromatic heterocycles. The van der Waals surface area contributed by atoms with Crippen LogP contribution in [0.2, 0.25) is 10.0 Å². The number of rotatable bonds is 2. The fourth-order valence-corrected chi connectivity index (χ4v) is 1.70. The Balaban J connectivity index is 2.48. The van der Waals surface area contributed by atoms with Crippen LogP contribution < -0.4 is 5.32 Å². The number of ether oxygens (including phenoxy) is 1. The predicted octanol–water partition coefficient (Wildman–Crippen LogP) is 3.97. The van der Waals surface area contributed by atoms with E-state index in [1.54, 1.807) is 20.8 Å². The normalized spacial score (nSPS) is 10.5. The second-order valence-corrected chi connectivity index (χ2v) is 6.08. The van der Waals surface area contributed by atoms with Crippen LogP contribution in [0, 0.1) is 11.8 Å². The number of benzene rings is 1. The number of nitrogens with one attached hydrogen (secondary N) is 1. The van der Waals surface area contributed by atoms with Crippen molar-refractivity contribution in [2.75, 3.05) is 6.54 Å². The maximum Gasteiger partial charge on any atom is 0.407 e. The quantitative estimate of drug-likeness (QED) is 0.637. The maximum atomic E-state index is 11.4. The summed E-state index contributed by atoms with van der Waals surface area (Å²) in [5.74, 6) is 5.61. The minimum absolute atomic E-state index is 0.0844. The summed E-state index contributed by atoms with van der Waals surface area (Å²) in [6.07, 6.45) is -0.0383. The summed E-state index contributed by atoms with van der Waals surface area (Å²) in [7, 11) is 0. The SMILES string of the molecule is CC(C)(C)OC(=O)NCCC#Cc1cc(Cl)c(O)cc1Cl. The third kappa shape index (κ3) is 6.61. The Bertz CT molecular complexity index is 583. The van der Waals surface area contributed by atoms with Gasteiger partial charge in [-0.25, -0.2) is 4.79 Å². The van der Waals surface area contributed by atoms with E-state index in [0.29, 0.717) is 23.6 Å². The molecule has 0 aliphatic carbocycles. The number of alkyl carbamates (subject to hydrolysis) is 1. The molecule has 0 aliphatic rings. The topological polar surface area (TPSA) is 58.6 Å². The first-order chi connectivity index (χ1) is 9.69. The number of phenols is 1. The molecule has 1 rings (SSSR count). The Morgan fingerprint density at radius 2 is 2.00 bits per heavy atom. The van der Waals surface area contributed by atoms with E-state index in [4.69, 9.17) is 27.9 Å². The lowest BCUT2D eigenvalue weighted by Crippen LogP contribution is -2.32. The average molecular weight is 330 g/mol. The molecule has 0 radical (unpaired) electrons. The zero-order chi connectivity index (χ0) is 16.0. The van der Waals surface area contributed by atoms with E-state index in [9.17, 15) is 9.90 Å². The number of amides is 1. The Labute approximate surface area is 134 Å². The van der Waals surface area contributed by atoms with Gasteiger partial charge in [0.15, 0.2) is 0 Å². The molecule has 0 atom stereocenters. The van der Waals surface area contributed by atoms with Crippen molar-refractivity contribution in [3.63, 3.8) is 0 Å². The number of halogens is 2. The molecule has 0 fully saturated rings. The monoisotopic (exact) mass is 329 g/mol. The van der Waals surface area contributed by atoms with E-state index in [1.165, 1.54) is 12.1 Å². The Kier molecular flexibility index (Phi) is 6.19. The summed E-state index contributed by atoms with van der Waals surface area (Å²) in [4.78, 5) is 11.4. The van der Waals surface area contributed by atoms with E-state index in [2.05, 4.69) is 17.2 Å². The molecular formula is C15H17Cl2NO3. The highest BCUT2D eigenvalue weighted by Crippen LogP contribution is 2.29. The Hall–Kier alpha value is -1.57. The lowest BCUT2D eigenvalue weighted by Gasteiger charge is -2.19. The third-order valence-corrected chi connectivity index (χ3v) is 2.79. The molecule has 0 saturated heterocycles. The van der Waals surface area contributed by atoms with Crippen molar-refractivity contribution in [2.24, 2.45) is 0 Å². The smallest absolute Gasteiger partial charge is 0.407 e. The molecule has 1 aromatic carbocycles. The highest BCUT2D eigenvalue weighted by Gasteiger charge is 2.15. The molecule has 0 heterocycles. The first-order valence-corrected chi connectivity index (χ1v) is 7.08. The number of hydrogen-bond acceptors (Lipinski definition) is 3. The second-order valence-electron chi connectivity index (χ2n) is 5.26. The number of carbonyl (C=O) groups is 1. The molecular weight excluding hydrogens is 313 g/mol. The minimum atomic E-state index is -0.522. The maximum absolute atomic E-state index is 11.4. The van der Waals surface area contributed by atoms with E-state index in [1.807, 2.05) is 0 Å². The van der Waals surface area contributed by atoms with Crippen LogP contribution in [0.25, 0.3) is 0 Å². The van der Waals surface area contributed by atoms with Crippen LogP contribution in [-0.2, 0) is 4.74 Å². The molecule has 6 heteroatoms. The molecule has 0 bridgehead atoms. The van der Waals surface area contributed by atoms with E-state index in [0.717, 1.165) is 0 Å². The summed E-state index contributed by atoms with van der Waals surface area (Å²) in [5.41, 5.74) is 0.00301. The summed E-state index contributed by atoms with van der Waals surface area (Å²) >= 11 is 11.7. The zero-order valence-electron chi connectivity index (χ0n) is 12.1. The van der Waals surface area contributed by atoms with Crippen LogP contribution in [0.1, 0.15) is 32.8 Å².